The zero-order valence-corrected chi connectivity index (χ0v) is 8.05. The van der Waals surface area contributed by atoms with Gasteiger partial charge in [-0.15, -0.1) is 0 Å². The van der Waals surface area contributed by atoms with Crippen molar-refractivity contribution in [3.8, 4) is 0 Å². The molecule has 1 atom stereocenters. The average molecular weight is 171 g/mol. The van der Waals surface area contributed by atoms with Crippen LogP contribution in [-0.4, -0.2) is 23.8 Å². The molecule has 0 amide bonds. The third-order valence-corrected chi connectivity index (χ3v) is 2.43. The third kappa shape index (κ3) is 4.07. The fraction of sp³-hybridized carbons (Fsp3) is 1.00. The smallest absolute Gasteiger partial charge is 0.0584 e. The number of rotatable bonds is 7. The maximum Gasteiger partial charge on any atom is 0.0584 e. The van der Waals surface area contributed by atoms with E-state index in [1.807, 2.05) is 0 Å². The number of aliphatic hydroxyl groups excluding tert-OH is 1. The first-order valence-corrected chi connectivity index (χ1v) is 5.23. The Labute approximate surface area is 75.4 Å². The van der Waals surface area contributed by atoms with Gasteiger partial charge in [0, 0.05) is 12.1 Å². The Morgan fingerprint density at radius 3 is 2.67 bits per heavy atom. The molecular formula is C10H21NO. The Hall–Kier alpha value is -0.0800. The third-order valence-electron chi connectivity index (χ3n) is 2.43. The van der Waals surface area contributed by atoms with Gasteiger partial charge >= 0.3 is 0 Å². The van der Waals surface area contributed by atoms with Crippen LogP contribution in [0.4, 0.5) is 0 Å². The summed E-state index contributed by atoms with van der Waals surface area (Å²) < 4.78 is 0. The summed E-state index contributed by atoms with van der Waals surface area (Å²) in [6.45, 7) is 2.52. The van der Waals surface area contributed by atoms with Crippen molar-refractivity contribution in [1.29, 1.82) is 0 Å². The summed E-state index contributed by atoms with van der Waals surface area (Å²) in [7, 11) is 0. The summed E-state index contributed by atoms with van der Waals surface area (Å²) in [5.74, 6) is 0. The number of hydrogen-bond acceptors (Lipinski definition) is 2. The Morgan fingerprint density at radius 2 is 2.17 bits per heavy atom. The van der Waals surface area contributed by atoms with E-state index in [0.717, 1.165) is 12.5 Å². The summed E-state index contributed by atoms with van der Waals surface area (Å²) in [6.07, 6.45) is 7.57. The molecule has 1 rings (SSSR count). The van der Waals surface area contributed by atoms with E-state index in [2.05, 4.69) is 12.2 Å². The standard InChI is InChI=1S/C10H21NO/c1-2-3-4-5-10(8-12)11-9-6-7-9/h9-12H,2-8H2,1H3. The lowest BCUT2D eigenvalue weighted by Crippen LogP contribution is -2.33. The molecule has 0 radical (unpaired) electrons. The molecule has 0 heterocycles. The SMILES string of the molecule is CCCCCC(CO)NC1CC1. The summed E-state index contributed by atoms with van der Waals surface area (Å²) in [4.78, 5) is 0. The molecule has 0 aromatic rings. The van der Waals surface area contributed by atoms with Crippen molar-refractivity contribution in [2.45, 2.75) is 57.5 Å². The molecule has 12 heavy (non-hydrogen) atoms. The van der Waals surface area contributed by atoms with Crippen molar-refractivity contribution >= 4 is 0 Å². The summed E-state index contributed by atoms with van der Waals surface area (Å²) in [5.41, 5.74) is 0. The van der Waals surface area contributed by atoms with Crippen LogP contribution in [0.5, 0.6) is 0 Å². The monoisotopic (exact) mass is 171 g/mol. The van der Waals surface area contributed by atoms with Crippen LogP contribution in [0.15, 0.2) is 0 Å². The van der Waals surface area contributed by atoms with Crippen LogP contribution in [0.3, 0.4) is 0 Å². The maximum atomic E-state index is 9.04. The van der Waals surface area contributed by atoms with Crippen molar-refractivity contribution in [3.63, 3.8) is 0 Å². The van der Waals surface area contributed by atoms with Crippen molar-refractivity contribution in [1.82, 2.24) is 5.32 Å². The lowest BCUT2D eigenvalue weighted by atomic mass is 10.1. The summed E-state index contributed by atoms with van der Waals surface area (Å²) in [6, 6.07) is 1.09. The van der Waals surface area contributed by atoms with Gasteiger partial charge in [0.05, 0.1) is 6.61 Å². The fourth-order valence-electron chi connectivity index (χ4n) is 1.45. The first-order valence-electron chi connectivity index (χ1n) is 5.23. The maximum absolute atomic E-state index is 9.04. The molecule has 0 bridgehead atoms. The van der Waals surface area contributed by atoms with Gasteiger partial charge in [-0.05, 0) is 19.3 Å². The van der Waals surface area contributed by atoms with Gasteiger partial charge in [-0.1, -0.05) is 26.2 Å². The van der Waals surface area contributed by atoms with Crippen molar-refractivity contribution in [3.05, 3.63) is 0 Å². The lowest BCUT2D eigenvalue weighted by Gasteiger charge is -2.14. The predicted molar refractivity (Wildman–Crippen MR) is 51.2 cm³/mol. The Kier molecular flexibility index (Phi) is 4.62. The number of hydrogen-bond donors (Lipinski definition) is 2. The Bertz CT molecular complexity index is 112. The van der Waals surface area contributed by atoms with Crippen molar-refractivity contribution in [2.75, 3.05) is 6.61 Å². The van der Waals surface area contributed by atoms with Gasteiger partial charge in [0.2, 0.25) is 0 Å². The fourth-order valence-corrected chi connectivity index (χ4v) is 1.45. The quantitative estimate of drug-likeness (QED) is 0.571. The van der Waals surface area contributed by atoms with Crippen LogP contribution in [0.25, 0.3) is 0 Å². The van der Waals surface area contributed by atoms with E-state index in [4.69, 9.17) is 5.11 Å². The van der Waals surface area contributed by atoms with Gasteiger partial charge in [0.1, 0.15) is 0 Å². The van der Waals surface area contributed by atoms with Crippen molar-refractivity contribution < 1.29 is 5.11 Å². The molecule has 1 fully saturated rings. The molecule has 2 heteroatoms. The first kappa shape index (κ1) is 10.0. The summed E-state index contributed by atoms with van der Waals surface area (Å²) in [5, 5.41) is 12.5. The zero-order chi connectivity index (χ0) is 8.81. The van der Waals surface area contributed by atoms with Gasteiger partial charge in [0.15, 0.2) is 0 Å². The van der Waals surface area contributed by atoms with E-state index in [0.29, 0.717) is 12.6 Å². The van der Waals surface area contributed by atoms with Crippen LogP contribution in [0.2, 0.25) is 0 Å². The van der Waals surface area contributed by atoms with E-state index in [-0.39, 0.29) is 0 Å². The molecule has 0 spiro atoms. The second kappa shape index (κ2) is 5.55. The van der Waals surface area contributed by atoms with E-state index < -0.39 is 0 Å². The van der Waals surface area contributed by atoms with Gasteiger partial charge in [0.25, 0.3) is 0 Å². The largest absolute Gasteiger partial charge is 0.395 e. The second-order valence-corrected chi connectivity index (χ2v) is 3.82. The topological polar surface area (TPSA) is 32.3 Å². The van der Waals surface area contributed by atoms with E-state index in [1.165, 1.54) is 32.1 Å². The minimum atomic E-state index is 0.306. The Balaban J connectivity index is 1.98. The molecule has 1 aliphatic carbocycles. The zero-order valence-electron chi connectivity index (χ0n) is 8.05. The molecule has 0 saturated heterocycles. The van der Waals surface area contributed by atoms with E-state index in [1.54, 1.807) is 0 Å². The molecular weight excluding hydrogens is 150 g/mol. The molecule has 0 aromatic carbocycles. The number of aliphatic hydroxyl groups is 1. The van der Waals surface area contributed by atoms with Crippen LogP contribution in [0.1, 0.15) is 45.4 Å². The molecule has 1 unspecified atom stereocenters. The highest BCUT2D eigenvalue weighted by Crippen LogP contribution is 2.20. The minimum absolute atomic E-state index is 0.306. The molecule has 1 saturated carbocycles. The molecule has 72 valence electrons. The number of unbranched alkanes of at least 4 members (excludes halogenated alkanes) is 2. The highest BCUT2D eigenvalue weighted by molar-refractivity contribution is 4.84. The highest BCUT2D eigenvalue weighted by Gasteiger charge is 2.23. The van der Waals surface area contributed by atoms with Crippen LogP contribution in [0, 0.1) is 0 Å². The van der Waals surface area contributed by atoms with E-state index >= 15 is 0 Å². The number of nitrogens with one attached hydrogen (secondary N) is 1. The molecule has 0 aromatic heterocycles. The lowest BCUT2D eigenvalue weighted by molar-refractivity contribution is 0.232. The average Bonchev–Trinajstić information content (AvgIpc) is 2.87. The van der Waals surface area contributed by atoms with Gasteiger partial charge in [-0.25, -0.2) is 0 Å². The Morgan fingerprint density at radius 1 is 1.42 bits per heavy atom. The van der Waals surface area contributed by atoms with Crippen LogP contribution in [-0.2, 0) is 0 Å². The molecule has 2 N–H and O–H groups in total. The van der Waals surface area contributed by atoms with Crippen LogP contribution >= 0.6 is 0 Å². The highest BCUT2D eigenvalue weighted by atomic mass is 16.3. The van der Waals surface area contributed by atoms with Gasteiger partial charge in [-0.3, -0.25) is 0 Å². The van der Waals surface area contributed by atoms with Crippen LogP contribution < -0.4 is 5.32 Å². The van der Waals surface area contributed by atoms with Gasteiger partial charge < -0.3 is 10.4 Å². The van der Waals surface area contributed by atoms with Crippen molar-refractivity contribution in [2.24, 2.45) is 0 Å². The second-order valence-electron chi connectivity index (χ2n) is 3.82. The molecule has 0 aliphatic heterocycles. The molecule has 1 aliphatic rings. The van der Waals surface area contributed by atoms with E-state index in [9.17, 15) is 0 Å². The predicted octanol–water partition coefficient (Wildman–Crippen LogP) is 1.68. The normalized spacial score (nSPS) is 19.5. The molecule has 2 nitrogen and oxygen atoms in total. The van der Waals surface area contributed by atoms with Gasteiger partial charge in [-0.2, -0.15) is 0 Å². The summed E-state index contributed by atoms with van der Waals surface area (Å²) >= 11 is 0. The minimum Gasteiger partial charge on any atom is -0.395 e. The first-order chi connectivity index (χ1) is 5.86.